The lowest BCUT2D eigenvalue weighted by molar-refractivity contribution is 0.179. The van der Waals surface area contributed by atoms with Crippen LogP contribution in [0.3, 0.4) is 0 Å². The number of benzene rings is 1. The molecule has 1 aliphatic heterocycles. The molecular formula is C22H33BrN4O. The molecule has 1 aromatic carbocycles. The van der Waals surface area contributed by atoms with Crippen molar-refractivity contribution in [1.29, 1.82) is 0 Å². The van der Waals surface area contributed by atoms with Gasteiger partial charge in [0.25, 0.3) is 5.56 Å². The van der Waals surface area contributed by atoms with E-state index >= 15 is 0 Å². The van der Waals surface area contributed by atoms with Gasteiger partial charge in [-0.25, -0.2) is 4.98 Å². The topological polar surface area (TPSA) is 41.4 Å². The van der Waals surface area contributed by atoms with Crippen LogP contribution in [0.15, 0.2) is 21.4 Å². The molecule has 1 aliphatic rings. The average molecular weight is 449 g/mol. The van der Waals surface area contributed by atoms with E-state index in [1.54, 1.807) is 0 Å². The van der Waals surface area contributed by atoms with Gasteiger partial charge in [-0.2, -0.15) is 0 Å². The van der Waals surface area contributed by atoms with Gasteiger partial charge >= 0.3 is 0 Å². The Balaban J connectivity index is 2.15. The van der Waals surface area contributed by atoms with Crippen LogP contribution < -0.4 is 5.56 Å². The maximum Gasteiger partial charge on any atom is 0.261 e. The van der Waals surface area contributed by atoms with Crippen molar-refractivity contribution in [3.05, 3.63) is 38.3 Å². The van der Waals surface area contributed by atoms with Crippen molar-refractivity contribution in [2.24, 2.45) is 0 Å². The maximum atomic E-state index is 13.4. The molecule has 3 rings (SSSR count). The average Bonchev–Trinajstić information content (AvgIpc) is 2.88. The number of aromatic nitrogens is 2. The minimum atomic E-state index is 0.0931. The Bertz CT molecular complexity index is 879. The Morgan fingerprint density at radius 1 is 1.14 bits per heavy atom. The summed E-state index contributed by atoms with van der Waals surface area (Å²) in [5.41, 5.74) is 2.03. The molecule has 1 aromatic heterocycles. The Kier molecular flexibility index (Phi) is 7.29. The fourth-order valence-electron chi connectivity index (χ4n) is 4.18. The molecule has 0 radical (unpaired) electrons. The van der Waals surface area contributed by atoms with E-state index in [0.717, 1.165) is 79.8 Å². The van der Waals surface area contributed by atoms with Crippen molar-refractivity contribution in [3.8, 4) is 0 Å². The zero-order valence-electron chi connectivity index (χ0n) is 17.7. The number of aryl methyl sites for hydroxylation is 1. The number of hydrogen-bond donors (Lipinski definition) is 0. The first-order chi connectivity index (χ1) is 13.5. The molecule has 0 aliphatic carbocycles. The van der Waals surface area contributed by atoms with E-state index in [1.807, 2.05) is 16.7 Å². The molecule has 1 saturated heterocycles. The van der Waals surface area contributed by atoms with Gasteiger partial charge in [-0.05, 0) is 57.5 Å². The normalized spacial score (nSPS) is 17.8. The highest BCUT2D eigenvalue weighted by Gasteiger charge is 2.27. The summed E-state index contributed by atoms with van der Waals surface area (Å²) in [5, 5.41) is 0.709. The first-order valence-electron chi connectivity index (χ1n) is 10.6. The number of halogens is 1. The molecule has 154 valence electrons. The van der Waals surface area contributed by atoms with E-state index in [2.05, 4.69) is 53.5 Å². The fourth-order valence-corrected chi connectivity index (χ4v) is 4.53. The summed E-state index contributed by atoms with van der Waals surface area (Å²) < 4.78 is 2.91. The van der Waals surface area contributed by atoms with Crippen LogP contribution in [-0.2, 0) is 6.54 Å². The highest BCUT2D eigenvalue weighted by atomic mass is 79.9. The number of likely N-dealkylation sites (N-methyl/N-ethyl adjacent to an activating group) is 1. The predicted molar refractivity (Wildman–Crippen MR) is 120 cm³/mol. The summed E-state index contributed by atoms with van der Waals surface area (Å²) >= 11 is 3.57. The molecule has 28 heavy (non-hydrogen) atoms. The standard InChI is InChI=1S/C22H33BrN4O/c1-5-8-20(26-11-7-10-25(4)12-13-26)21-24-19-14-16(3)18(23)15-17(19)22(28)27(21)9-6-2/h14-15,20H,5-13H2,1-4H3. The molecule has 0 spiro atoms. The van der Waals surface area contributed by atoms with E-state index in [9.17, 15) is 4.79 Å². The summed E-state index contributed by atoms with van der Waals surface area (Å²) in [6.07, 6.45) is 4.19. The Labute approximate surface area is 176 Å². The second-order valence-corrected chi connectivity index (χ2v) is 8.90. The zero-order chi connectivity index (χ0) is 20.3. The monoisotopic (exact) mass is 448 g/mol. The third-order valence-corrected chi connectivity index (χ3v) is 6.62. The van der Waals surface area contributed by atoms with Gasteiger partial charge in [0.1, 0.15) is 5.82 Å². The van der Waals surface area contributed by atoms with Crippen LogP contribution in [0.25, 0.3) is 10.9 Å². The summed E-state index contributed by atoms with van der Waals surface area (Å²) in [7, 11) is 2.19. The summed E-state index contributed by atoms with van der Waals surface area (Å²) in [5.74, 6) is 0.951. The smallest absolute Gasteiger partial charge is 0.261 e. The van der Waals surface area contributed by atoms with Gasteiger partial charge in [0.05, 0.1) is 16.9 Å². The van der Waals surface area contributed by atoms with Crippen molar-refractivity contribution in [2.75, 3.05) is 33.2 Å². The lowest BCUT2D eigenvalue weighted by Crippen LogP contribution is -2.37. The lowest BCUT2D eigenvalue weighted by atomic mass is 10.1. The van der Waals surface area contributed by atoms with Gasteiger partial charge < -0.3 is 4.90 Å². The summed E-state index contributed by atoms with van der Waals surface area (Å²) in [4.78, 5) is 23.4. The van der Waals surface area contributed by atoms with Crippen molar-refractivity contribution < 1.29 is 0 Å². The minimum absolute atomic E-state index is 0.0931. The summed E-state index contributed by atoms with van der Waals surface area (Å²) in [6, 6.07) is 4.18. The van der Waals surface area contributed by atoms with Crippen molar-refractivity contribution in [3.63, 3.8) is 0 Å². The predicted octanol–water partition coefficient (Wildman–Crippen LogP) is 4.36. The van der Waals surface area contributed by atoms with Crippen LogP contribution in [0.2, 0.25) is 0 Å². The van der Waals surface area contributed by atoms with Crippen molar-refractivity contribution in [1.82, 2.24) is 19.4 Å². The van der Waals surface area contributed by atoms with Crippen LogP contribution >= 0.6 is 15.9 Å². The largest absolute Gasteiger partial charge is 0.305 e. The Morgan fingerprint density at radius 2 is 1.93 bits per heavy atom. The van der Waals surface area contributed by atoms with Crippen molar-refractivity contribution >= 4 is 26.8 Å². The third-order valence-electron chi connectivity index (χ3n) is 5.77. The second kappa shape index (κ2) is 9.51. The molecule has 1 atom stereocenters. The highest BCUT2D eigenvalue weighted by molar-refractivity contribution is 9.10. The lowest BCUT2D eigenvalue weighted by Gasteiger charge is -2.31. The van der Waals surface area contributed by atoms with E-state index < -0.39 is 0 Å². The molecular weight excluding hydrogens is 416 g/mol. The van der Waals surface area contributed by atoms with E-state index in [0.29, 0.717) is 5.39 Å². The molecule has 2 aromatic rings. The van der Waals surface area contributed by atoms with Crippen LogP contribution in [0.1, 0.15) is 57.0 Å². The molecule has 0 bridgehead atoms. The first kappa shape index (κ1) is 21.5. The van der Waals surface area contributed by atoms with Gasteiger partial charge in [0, 0.05) is 30.7 Å². The van der Waals surface area contributed by atoms with Gasteiger partial charge in [-0.3, -0.25) is 14.3 Å². The van der Waals surface area contributed by atoms with Gasteiger partial charge in [-0.15, -0.1) is 0 Å². The number of hydrogen-bond acceptors (Lipinski definition) is 4. The third kappa shape index (κ3) is 4.50. The Hall–Kier alpha value is -1.24. The van der Waals surface area contributed by atoms with Crippen molar-refractivity contribution in [2.45, 2.75) is 59.0 Å². The van der Waals surface area contributed by atoms with E-state index in [4.69, 9.17) is 4.98 Å². The zero-order valence-corrected chi connectivity index (χ0v) is 19.3. The number of nitrogens with zero attached hydrogens (tertiary/aromatic N) is 4. The molecule has 6 heteroatoms. The SMILES string of the molecule is CCCC(c1nc2cc(C)c(Br)cc2c(=O)n1CCC)N1CCCN(C)CC1. The van der Waals surface area contributed by atoms with E-state index in [1.165, 1.54) is 0 Å². The maximum absolute atomic E-state index is 13.4. The second-order valence-electron chi connectivity index (χ2n) is 8.04. The van der Waals surface area contributed by atoms with Crippen LogP contribution in [0.4, 0.5) is 0 Å². The molecule has 0 amide bonds. The minimum Gasteiger partial charge on any atom is -0.305 e. The Morgan fingerprint density at radius 3 is 2.64 bits per heavy atom. The summed E-state index contributed by atoms with van der Waals surface area (Å²) in [6.45, 7) is 11.4. The number of fused-ring (bicyclic) bond motifs is 1. The van der Waals surface area contributed by atoms with Gasteiger partial charge in [0.15, 0.2) is 0 Å². The quantitative estimate of drug-likeness (QED) is 0.658. The number of rotatable bonds is 6. The molecule has 2 heterocycles. The molecule has 1 fully saturated rings. The molecule has 0 N–H and O–H groups in total. The van der Waals surface area contributed by atoms with Gasteiger partial charge in [0.2, 0.25) is 0 Å². The van der Waals surface area contributed by atoms with E-state index in [-0.39, 0.29) is 11.6 Å². The van der Waals surface area contributed by atoms with Crippen LogP contribution in [0, 0.1) is 6.92 Å². The van der Waals surface area contributed by atoms with Crippen LogP contribution in [-0.4, -0.2) is 52.6 Å². The molecule has 1 unspecified atom stereocenters. The first-order valence-corrected chi connectivity index (χ1v) is 11.4. The van der Waals surface area contributed by atoms with Crippen LogP contribution in [0.5, 0.6) is 0 Å². The molecule has 0 saturated carbocycles. The highest BCUT2D eigenvalue weighted by Crippen LogP contribution is 2.28. The molecule has 5 nitrogen and oxygen atoms in total. The fraction of sp³-hybridized carbons (Fsp3) is 0.636. The van der Waals surface area contributed by atoms with Gasteiger partial charge in [-0.1, -0.05) is 36.2 Å².